The van der Waals surface area contributed by atoms with E-state index < -0.39 is 23.8 Å². The molecule has 0 radical (unpaired) electrons. The third-order valence-corrected chi connectivity index (χ3v) is 6.36. The van der Waals surface area contributed by atoms with Crippen molar-refractivity contribution in [2.75, 3.05) is 11.5 Å². The van der Waals surface area contributed by atoms with Crippen molar-refractivity contribution in [3.8, 4) is 5.75 Å². The summed E-state index contributed by atoms with van der Waals surface area (Å²) < 4.78 is 11.8. The van der Waals surface area contributed by atoms with Gasteiger partial charge in [0.1, 0.15) is 17.9 Å². The van der Waals surface area contributed by atoms with Gasteiger partial charge in [-0.1, -0.05) is 45.7 Å². The van der Waals surface area contributed by atoms with Crippen LogP contribution in [0.3, 0.4) is 0 Å². The topological polar surface area (TPSA) is 102 Å². The molecule has 0 bridgehead atoms. The molecule has 1 heterocycles. The number of anilines is 1. The van der Waals surface area contributed by atoms with Gasteiger partial charge in [-0.15, -0.1) is 0 Å². The average molecular weight is 584 g/mol. The molecule has 1 fully saturated rings. The van der Waals surface area contributed by atoms with Crippen LogP contribution < -0.4 is 15.0 Å². The molecule has 37 heavy (non-hydrogen) atoms. The summed E-state index contributed by atoms with van der Waals surface area (Å²) in [5, 5.41) is 2.54. The minimum atomic E-state index is -0.910. The van der Waals surface area contributed by atoms with Gasteiger partial charge in [0.2, 0.25) is 0 Å². The lowest BCUT2D eigenvalue weighted by molar-refractivity contribution is -0.122. The Hall–Kier alpha value is -3.95. The number of hydrogen-bond acceptors (Lipinski definition) is 6. The van der Waals surface area contributed by atoms with Gasteiger partial charge in [-0.3, -0.25) is 14.9 Å². The molecule has 1 N–H and O–H groups in total. The largest absolute Gasteiger partial charge is 0.488 e. The SMILES string of the molecule is CCOC(=O)c1ccc(N2C(=O)NC(=O)/C(=C\c3cc(Cl)ccc3OCc3ccccc3Br)C2=O)cc1. The van der Waals surface area contributed by atoms with E-state index in [4.69, 9.17) is 21.1 Å². The number of carbonyl (C=O) groups excluding carboxylic acids is 4. The molecule has 8 nitrogen and oxygen atoms in total. The molecule has 0 spiro atoms. The van der Waals surface area contributed by atoms with E-state index in [0.717, 1.165) is 14.9 Å². The molecule has 188 valence electrons. The van der Waals surface area contributed by atoms with Crippen LogP contribution in [-0.4, -0.2) is 30.4 Å². The normalized spacial score (nSPS) is 14.5. The first-order chi connectivity index (χ1) is 17.8. The third kappa shape index (κ3) is 5.90. The number of urea groups is 1. The fourth-order valence-electron chi connectivity index (χ4n) is 3.54. The van der Waals surface area contributed by atoms with E-state index in [-0.39, 0.29) is 30.0 Å². The molecule has 4 amide bonds. The van der Waals surface area contributed by atoms with Crippen molar-refractivity contribution in [1.82, 2.24) is 5.32 Å². The van der Waals surface area contributed by atoms with Gasteiger partial charge >= 0.3 is 12.0 Å². The number of imide groups is 2. The van der Waals surface area contributed by atoms with E-state index in [1.54, 1.807) is 25.1 Å². The highest BCUT2D eigenvalue weighted by molar-refractivity contribution is 9.10. The van der Waals surface area contributed by atoms with Crippen LogP contribution in [0.4, 0.5) is 10.5 Å². The maximum absolute atomic E-state index is 13.3. The van der Waals surface area contributed by atoms with Gasteiger partial charge in [-0.25, -0.2) is 14.5 Å². The van der Waals surface area contributed by atoms with Crippen molar-refractivity contribution >= 4 is 63.1 Å². The molecule has 1 aliphatic heterocycles. The predicted octanol–water partition coefficient (Wildman–Crippen LogP) is 5.52. The molecule has 10 heteroatoms. The number of halogens is 2. The number of ether oxygens (including phenoxy) is 2. The summed E-state index contributed by atoms with van der Waals surface area (Å²) in [5.41, 5.74) is 1.41. The molecule has 4 rings (SSSR count). The first-order valence-electron chi connectivity index (χ1n) is 11.1. The second-order valence-electron chi connectivity index (χ2n) is 7.79. The van der Waals surface area contributed by atoms with Crippen LogP contribution >= 0.6 is 27.5 Å². The second-order valence-corrected chi connectivity index (χ2v) is 9.08. The highest BCUT2D eigenvalue weighted by Crippen LogP contribution is 2.29. The number of nitrogens with zero attached hydrogens (tertiary/aromatic N) is 1. The summed E-state index contributed by atoms with van der Waals surface area (Å²) in [7, 11) is 0. The quantitative estimate of drug-likeness (QED) is 0.223. The molecular weight excluding hydrogens is 564 g/mol. The number of benzene rings is 3. The summed E-state index contributed by atoms with van der Waals surface area (Å²) in [6.45, 7) is 2.11. The lowest BCUT2D eigenvalue weighted by atomic mass is 10.1. The zero-order chi connectivity index (χ0) is 26.5. The highest BCUT2D eigenvalue weighted by Gasteiger charge is 2.37. The van der Waals surface area contributed by atoms with E-state index in [0.29, 0.717) is 16.3 Å². The minimum absolute atomic E-state index is 0.172. The minimum Gasteiger partial charge on any atom is -0.488 e. The van der Waals surface area contributed by atoms with E-state index in [1.165, 1.54) is 30.3 Å². The molecule has 0 aliphatic carbocycles. The fraction of sp³-hybridized carbons (Fsp3) is 0.111. The predicted molar refractivity (Wildman–Crippen MR) is 141 cm³/mol. The van der Waals surface area contributed by atoms with Crippen LogP contribution in [0.15, 0.2) is 76.8 Å². The molecule has 3 aromatic carbocycles. The molecule has 0 saturated carbocycles. The Morgan fingerprint density at radius 1 is 1.05 bits per heavy atom. The van der Waals surface area contributed by atoms with Crippen LogP contribution in [0.5, 0.6) is 5.75 Å². The molecule has 0 atom stereocenters. The third-order valence-electron chi connectivity index (χ3n) is 5.35. The molecule has 0 aromatic heterocycles. The first-order valence-corrected chi connectivity index (χ1v) is 12.3. The van der Waals surface area contributed by atoms with Crippen LogP contribution in [0, 0.1) is 0 Å². The summed E-state index contributed by atoms with van der Waals surface area (Å²) in [6, 6.07) is 17.2. The number of barbiturate groups is 1. The summed E-state index contributed by atoms with van der Waals surface area (Å²) >= 11 is 9.66. The Bertz CT molecular complexity index is 1420. The number of rotatable bonds is 7. The Balaban J connectivity index is 1.64. The number of carbonyl (C=O) groups is 4. The van der Waals surface area contributed by atoms with Crippen molar-refractivity contribution in [3.63, 3.8) is 0 Å². The second kappa shape index (κ2) is 11.4. The van der Waals surface area contributed by atoms with E-state index in [9.17, 15) is 19.2 Å². The van der Waals surface area contributed by atoms with E-state index in [2.05, 4.69) is 21.2 Å². The van der Waals surface area contributed by atoms with Gasteiger partial charge in [0.25, 0.3) is 11.8 Å². The van der Waals surface area contributed by atoms with Gasteiger partial charge in [0.05, 0.1) is 17.9 Å². The molecule has 1 saturated heterocycles. The monoisotopic (exact) mass is 582 g/mol. The van der Waals surface area contributed by atoms with Gasteiger partial charge < -0.3 is 9.47 Å². The van der Waals surface area contributed by atoms with Gasteiger partial charge in [-0.2, -0.15) is 0 Å². The van der Waals surface area contributed by atoms with Crippen LogP contribution in [0.2, 0.25) is 5.02 Å². The number of amides is 4. The van der Waals surface area contributed by atoms with Crippen molar-refractivity contribution in [2.45, 2.75) is 13.5 Å². The Labute approximate surface area is 225 Å². The van der Waals surface area contributed by atoms with Crippen molar-refractivity contribution in [3.05, 3.63) is 98.5 Å². The Morgan fingerprint density at radius 2 is 1.78 bits per heavy atom. The zero-order valence-electron chi connectivity index (χ0n) is 19.5. The van der Waals surface area contributed by atoms with Crippen molar-refractivity contribution in [1.29, 1.82) is 0 Å². The Morgan fingerprint density at radius 3 is 2.49 bits per heavy atom. The average Bonchev–Trinajstić information content (AvgIpc) is 2.87. The van der Waals surface area contributed by atoms with Crippen molar-refractivity contribution < 1.29 is 28.7 Å². The standard InChI is InChI=1S/C27H20BrClN2O6/c1-2-36-26(34)16-7-10-20(11-8-16)31-25(33)21(24(32)30-27(31)35)14-18-13-19(29)9-12-23(18)37-15-17-5-3-4-6-22(17)28/h3-14H,2,15H2,1H3,(H,30,32,35)/b21-14+. The van der Waals surface area contributed by atoms with Gasteiger partial charge in [0.15, 0.2) is 0 Å². The van der Waals surface area contributed by atoms with Crippen LogP contribution in [-0.2, 0) is 20.9 Å². The van der Waals surface area contributed by atoms with E-state index in [1.807, 2.05) is 24.3 Å². The molecule has 3 aromatic rings. The number of hydrogen-bond donors (Lipinski definition) is 1. The fourth-order valence-corrected chi connectivity index (χ4v) is 4.12. The zero-order valence-corrected chi connectivity index (χ0v) is 21.8. The van der Waals surface area contributed by atoms with Gasteiger partial charge in [-0.05, 0) is 61.5 Å². The van der Waals surface area contributed by atoms with Gasteiger partial charge in [0, 0.05) is 20.6 Å². The Kier molecular flexibility index (Phi) is 8.05. The van der Waals surface area contributed by atoms with E-state index >= 15 is 0 Å². The van der Waals surface area contributed by atoms with Crippen molar-refractivity contribution in [2.24, 2.45) is 0 Å². The number of nitrogens with one attached hydrogen (secondary N) is 1. The maximum atomic E-state index is 13.3. The lowest BCUT2D eigenvalue weighted by Crippen LogP contribution is -2.54. The van der Waals surface area contributed by atoms with Crippen LogP contribution in [0.25, 0.3) is 6.08 Å². The molecule has 0 unspecified atom stereocenters. The first kappa shape index (κ1) is 26.1. The smallest absolute Gasteiger partial charge is 0.338 e. The lowest BCUT2D eigenvalue weighted by Gasteiger charge is -2.26. The highest BCUT2D eigenvalue weighted by atomic mass is 79.9. The number of esters is 1. The maximum Gasteiger partial charge on any atom is 0.338 e. The molecular formula is C27H20BrClN2O6. The molecule has 1 aliphatic rings. The van der Waals surface area contributed by atoms with Crippen LogP contribution in [0.1, 0.15) is 28.4 Å². The summed E-state index contributed by atoms with van der Waals surface area (Å²) in [4.78, 5) is 51.2. The summed E-state index contributed by atoms with van der Waals surface area (Å²) in [5.74, 6) is -1.84. The summed E-state index contributed by atoms with van der Waals surface area (Å²) in [6.07, 6.45) is 1.32.